The minimum atomic E-state index is -1.00. The molecule has 0 unspecified atom stereocenters. The number of rotatable bonds is 6. The first-order valence-electron chi connectivity index (χ1n) is 17.3. The average Bonchev–Trinajstić information content (AvgIpc) is 2.96. The monoisotopic (exact) mass is 610 g/mol. The molecule has 0 spiro atoms. The predicted octanol–water partition coefficient (Wildman–Crippen LogP) is 6.59. The molecular weight excluding hydrogens is 567 g/mol. The molecule has 8 aliphatic rings. The van der Waals surface area contributed by atoms with Gasteiger partial charge in [-0.2, -0.15) is 4.39 Å². The first kappa shape index (κ1) is 27.9. The quantitative estimate of drug-likeness (QED) is 0.330. The summed E-state index contributed by atoms with van der Waals surface area (Å²) in [4.78, 5) is 26.4. The fraction of sp³-hybridized carbons (Fsp3) is 0.579. The van der Waals surface area contributed by atoms with Crippen LogP contribution in [0.15, 0.2) is 52.2 Å². The van der Waals surface area contributed by atoms with Gasteiger partial charge in [-0.15, -0.1) is 0 Å². The molecule has 0 saturated heterocycles. The van der Waals surface area contributed by atoms with Crippen molar-refractivity contribution in [3.05, 3.63) is 91.5 Å². The highest BCUT2D eigenvalue weighted by molar-refractivity contribution is 5.44. The second kappa shape index (κ2) is 9.83. The summed E-state index contributed by atoms with van der Waals surface area (Å²) in [5.74, 6) is 3.98. The van der Waals surface area contributed by atoms with Crippen LogP contribution in [0.4, 0.5) is 4.39 Å². The van der Waals surface area contributed by atoms with Gasteiger partial charge < -0.3 is 10.2 Å². The molecular formula is C38H43FN2O4. The summed E-state index contributed by atoms with van der Waals surface area (Å²) in [5, 5.41) is 22.4. The van der Waals surface area contributed by atoms with E-state index in [1.54, 1.807) is 12.1 Å². The Bertz CT molecular complexity index is 1750. The third-order valence-corrected chi connectivity index (χ3v) is 13.2. The number of aromatic hydroxyl groups is 2. The fourth-order valence-electron chi connectivity index (χ4n) is 12.4. The molecule has 45 heavy (non-hydrogen) atoms. The van der Waals surface area contributed by atoms with Gasteiger partial charge in [-0.3, -0.25) is 13.9 Å². The van der Waals surface area contributed by atoms with Crippen LogP contribution in [0.2, 0.25) is 0 Å². The molecule has 1 aromatic heterocycles. The summed E-state index contributed by atoms with van der Waals surface area (Å²) in [6.45, 7) is -0.0820. The van der Waals surface area contributed by atoms with Crippen LogP contribution in [0.3, 0.4) is 0 Å². The van der Waals surface area contributed by atoms with Gasteiger partial charge in [0.2, 0.25) is 5.82 Å². The van der Waals surface area contributed by atoms with E-state index in [2.05, 4.69) is 0 Å². The third-order valence-electron chi connectivity index (χ3n) is 13.2. The van der Waals surface area contributed by atoms with Crippen LogP contribution in [-0.2, 0) is 23.9 Å². The Morgan fingerprint density at radius 2 is 1.04 bits per heavy atom. The fourth-order valence-corrected chi connectivity index (χ4v) is 12.4. The minimum absolute atomic E-state index is 0.0244. The van der Waals surface area contributed by atoms with Gasteiger partial charge in [-0.05, 0) is 147 Å². The molecule has 1 heterocycles. The smallest absolute Gasteiger partial charge is 0.331 e. The number of aromatic nitrogens is 2. The Kier molecular flexibility index (Phi) is 6.10. The van der Waals surface area contributed by atoms with Gasteiger partial charge in [-0.1, -0.05) is 24.3 Å². The highest BCUT2D eigenvalue weighted by atomic mass is 19.1. The van der Waals surface area contributed by atoms with Crippen molar-refractivity contribution in [1.82, 2.24) is 9.13 Å². The van der Waals surface area contributed by atoms with Crippen LogP contribution in [0, 0.1) is 41.3 Å². The number of phenolic OH excluding ortho intramolecular Hbond substituents is 2. The Labute approximate surface area is 262 Å². The van der Waals surface area contributed by atoms with Gasteiger partial charge in [0.15, 0.2) is 0 Å². The standard InChI is InChI=1S/C38H43FN2O4/c39-32-21-40(19-22-1-3-30(33(42)11-22)37-13-24-5-25(14-37)7-26(6-24)15-37)36(45)41(35(32)44)20-23-2-4-31(34(43)12-23)38-16-27-8-28(17-38)10-29(9-27)18-38/h1-4,11-12,21,24-29,42-43H,5-10,13-20H2. The number of nitrogens with zero attached hydrogens (tertiary/aromatic N) is 2. The summed E-state index contributed by atoms with van der Waals surface area (Å²) in [5.41, 5.74) is 1.77. The van der Waals surface area contributed by atoms with Crippen molar-refractivity contribution < 1.29 is 14.6 Å². The Hall–Kier alpha value is -3.35. The molecule has 8 bridgehead atoms. The maximum Gasteiger partial charge on any atom is 0.331 e. The third kappa shape index (κ3) is 4.46. The molecule has 3 aromatic rings. The lowest BCUT2D eigenvalue weighted by Gasteiger charge is -2.57. The van der Waals surface area contributed by atoms with E-state index >= 15 is 0 Å². The molecule has 8 saturated carbocycles. The van der Waals surface area contributed by atoms with Crippen molar-refractivity contribution in [1.29, 1.82) is 0 Å². The largest absolute Gasteiger partial charge is 0.508 e. The van der Waals surface area contributed by atoms with Gasteiger partial charge in [-0.25, -0.2) is 4.79 Å². The number of hydrogen-bond donors (Lipinski definition) is 2. The van der Waals surface area contributed by atoms with E-state index in [0.29, 0.717) is 11.1 Å². The molecule has 0 amide bonds. The van der Waals surface area contributed by atoms with E-state index in [1.807, 2.05) is 24.3 Å². The molecule has 6 nitrogen and oxygen atoms in total. The summed E-state index contributed by atoms with van der Waals surface area (Å²) in [7, 11) is 0. The van der Waals surface area contributed by atoms with Crippen molar-refractivity contribution in [3.8, 4) is 11.5 Å². The lowest BCUT2D eigenvalue weighted by molar-refractivity contribution is -0.00629. The van der Waals surface area contributed by atoms with Gasteiger partial charge in [0.1, 0.15) is 11.5 Å². The maximum absolute atomic E-state index is 15.0. The van der Waals surface area contributed by atoms with Crippen LogP contribution < -0.4 is 11.2 Å². The van der Waals surface area contributed by atoms with Gasteiger partial charge in [0, 0.05) is 11.1 Å². The van der Waals surface area contributed by atoms with Crippen molar-refractivity contribution in [2.45, 2.75) is 101 Å². The number of benzene rings is 2. The molecule has 2 aromatic carbocycles. The van der Waals surface area contributed by atoms with Crippen molar-refractivity contribution in [2.75, 3.05) is 0 Å². The van der Waals surface area contributed by atoms with E-state index in [0.717, 1.165) is 95.9 Å². The van der Waals surface area contributed by atoms with Gasteiger partial charge in [0.25, 0.3) is 5.56 Å². The number of halogens is 1. The Morgan fingerprint density at radius 1 is 0.644 bits per heavy atom. The maximum atomic E-state index is 15.0. The van der Waals surface area contributed by atoms with E-state index in [-0.39, 0.29) is 35.4 Å². The Balaban J connectivity index is 0.976. The predicted molar refractivity (Wildman–Crippen MR) is 169 cm³/mol. The summed E-state index contributed by atoms with van der Waals surface area (Å²) >= 11 is 0. The second-order valence-corrected chi connectivity index (χ2v) is 16.4. The van der Waals surface area contributed by atoms with Crippen LogP contribution in [-0.4, -0.2) is 19.3 Å². The SMILES string of the molecule is O=c1c(F)cn(Cc2ccc(C34CC5CC(CC(C5)C3)C4)c(O)c2)c(=O)n1Cc1ccc(C23CC4CC(CC(C4)C2)C3)c(O)c1. The topological polar surface area (TPSA) is 84.5 Å². The second-order valence-electron chi connectivity index (χ2n) is 16.4. The van der Waals surface area contributed by atoms with Crippen LogP contribution in [0.25, 0.3) is 0 Å². The zero-order valence-electron chi connectivity index (χ0n) is 25.9. The van der Waals surface area contributed by atoms with Crippen LogP contribution >= 0.6 is 0 Å². The van der Waals surface area contributed by atoms with Crippen LogP contribution in [0.1, 0.15) is 99.3 Å². The van der Waals surface area contributed by atoms with E-state index in [4.69, 9.17) is 0 Å². The van der Waals surface area contributed by atoms with Gasteiger partial charge >= 0.3 is 5.69 Å². The average molecular weight is 611 g/mol. The van der Waals surface area contributed by atoms with Crippen molar-refractivity contribution >= 4 is 0 Å². The van der Waals surface area contributed by atoms with Crippen molar-refractivity contribution in [3.63, 3.8) is 0 Å². The molecule has 11 rings (SSSR count). The molecule has 236 valence electrons. The number of hydrogen-bond acceptors (Lipinski definition) is 4. The van der Waals surface area contributed by atoms with Crippen molar-refractivity contribution in [2.24, 2.45) is 35.5 Å². The minimum Gasteiger partial charge on any atom is -0.508 e. The Morgan fingerprint density at radius 3 is 1.44 bits per heavy atom. The normalized spacial score (nSPS) is 35.8. The summed E-state index contributed by atoms with van der Waals surface area (Å²) < 4.78 is 17.1. The molecule has 0 aliphatic heterocycles. The van der Waals surface area contributed by atoms with Crippen LogP contribution in [0.5, 0.6) is 11.5 Å². The summed E-state index contributed by atoms with van der Waals surface area (Å²) in [6.07, 6.45) is 15.7. The lowest BCUT2D eigenvalue weighted by atomic mass is 9.48. The zero-order chi connectivity index (χ0) is 30.7. The molecule has 0 radical (unpaired) electrons. The number of phenols is 2. The van der Waals surface area contributed by atoms with E-state index in [1.165, 1.54) is 43.1 Å². The van der Waals surface area contributed by atoms with E-state index < -0.39 is 17.1 Å². The summed E-state index contributed by atoms with van der Waals surface area (Å²) in [6, 6.07) is 11.2. The molecule has 2 N–H and O–H groups in total. The lowest BCUT2D eigenvalue weighted by Crippen LogP contribution is -2.48. The first-order valence-corrected chi connectivity index (χ1v) is 17.3. The van der Waals surface area contributed by atoms with E-state index in [9.17, 15) is 24.2 Å². The molecule has 8 fully saturated rings. The highest BCUT2D eigenvalue weighted by Crippen LogP contribution is 2.63. The molecule has 7 heteroatoms. The molecule has 0 atom stereocenters. The zero-order valence-corrected chi connectivity index (χ0v) is 25.9. The van der Waals surface area contributed by atoms with Gasteiger partial charge in [0.05, 0.1) is 19.3 Å². The molecule has 8 aliphatic carbocycles. The first-order chi connectivity index (χ1) is 21.6. The highest BCUT2D eigenvalue weighted by Gasteiger charge is 2.53.